The molecule has 1 saturated carbocycles. The predicted molar refractivity (Wildman–Crippen MR) is 103 cm³/mol. The van der Waals surface area contributed by atoms with Crippen molar-refractivity contribution in [3.63, 3.8) is 0 Å². The highest BCUT2D eigenvalue weighted by Gasteiger charge is 2.26. The highest BCUT2D eigenvalue weighted by molar-refractivity contribution is 7.99. The number of aliphatic hydroxyl groups excluding tert-OH is 1. The molecule has 2 aromatic heterocycles. The Bertz CT molecular complexity index is 854. The van der Waals surface area contributed by atoms with Gasteiger partial charge in [-0.05, 0) is 68.0 Å². The third kappa shape index (κ3) is 3.57. The summed E-state index contributed by atoms with van der Waals surface area (Å²) in [5.41, 5.74) is 2.25. The molecule has 130 valence electrons. The van der Waals surface area contributed by atoms with Crippen LogP contribution in [0.15, 0.2) is 52.4 Å². The van der Waals surface area contributed by atoms with E-state index in [1.54, 1.807) is 11.8 Å². The number of hydrogen-bond donors (Lipinski definition) is 2. The molecule has 0 saturated heterocycles. The van der Waals surface area contributed by atoms with Gasteiger partial charge in [-0.2, -0.15) is 0 Å². The molecule has 3 nitrogen and oxygen atoms in total. The minimum Gasteiger partial charge on any atom is -0.396 e. The number of fused-ring (bicyclic) bond motifs is 1. The van der Waals surface area contributed by atoms with Crippen LogP contribution >= 0.6 is 23.4 Å². The predicted octanol–water partition coefficient (Wildman–Crippen LogP) is 5.63. The summed E-state index contributed by atoms with van der Waals surface area (Å²) in [6.07, 6.45) is 6.25. The maximum atomic E-state index is 9.40. The standard InChI is InChI=1S/C20H21ClN2OS/c21-15-7-9-16(10-8-15)25-19-17-2-1-11-22-20(17)23-18(19)14-5-3-13(12-24)4-6-14/h1-2,7-11,13-14,24H,3-6,12H2,(H,22,23). The minimum absolute atomic E-state index is 0.313. The van der Waals surface area contributed by atoms with Crippen molar-refractivity contribution in [2.75, 3.05) is 6.61 Å². The molecule has 0 amide bonds. The molecule has 0 aliphatic heterocycles. The normalized spacial score (nSPS) is 20.9. The van der Waals surface area contributed by atoms with Crippen LogP contribution in [0.25, 0.3) is 11.0 Å². The van der Waals surface area contributed by atoms with E-state index >= 15 is 0 Å². The number of H-pyrrole nitrogens is 1. The highest BCUT2D eigenvalue weighted by Crippen LogP contribution is 2.44. The Hall–Kier alpha value is -1.49. The van der Waals surface area contributed by atoms with Crippen molar-refractivity contribution < 1.29 is 5.11 Å². The van der Waals surface area contributed by atoms with Gasteiger partial charge < -0.3 is 10.1 Å². The summed E-state index contributed by atoms with van der Waals surface area (Å²) in [6, 6.07) is 12.1. The van der Waals surface area contributed by atoms with E-state index in [9.17, 15) is 5.11 Å². The zero-order valence-electron chi connectivity index (χ0n) is 13.9. The van der Waals surface area contributed by atoms with Crippen LogP contribution in [0.3, 0.4) is 0 Å². The summed E-state index contributed by atoms with van der Waals surface area (Å²) in [4.78, 5) is 10.5. The lowest BCUT2D eigenvalue weighted by Gasteiger charge is -2.27. The zero-order valence-corrected chi connectivity index (χ0v) is 15.5. The van der Waals surface area contributed by atoms with E-state index in [-0.39, 0.29) is 0 Å². The summed E-state index contributed by atoms with van der Waals surface area (Å²) in [7, 11) is 0. The molecule has 3 aromatic rings. The van der Waals surface area contributed by atoms with Gasteiger partial charge >= 0.3 is 0 Å². The van der Waals surface area contributed by atoms with Crippen molar-refractivity contribution in [3.05, 3.63) is 53.3 Å². The molecule has 5 heteroatoms. The van der Waals surface area contributed by atoms with Crippen LogP contribution in [0, 0.1) is 5.92 Å². The summed E-state index contributed by atoms with van der Waals surface area (Å²) in [5, 5.41) is 11.3. The fourth-order valence-corrected chi connectivity index (χ4v) is 4.91. The second-order valence-corrected chi connectivity index (χ2v) is 8.24. The van der Waals surface area contributed by atoms with Gasteiger partial charge in [-0.15, -0.1) is 0 Å². The first-order chi connectivity index (χ1) is 12.2. The monoisotopic (exact) mass is 372 g/mol. The van der Waals surface area contributed by atoms with Crippen LogP contribution in [0.1, 0.15) is 37.3 Å². The van der Waals surface area contributed by atoms with E-state index in [2.05, 4.69) is 28.2 Å². The third-order valence-electron chi connectivity index (χ3n) is 5.10. The van der Waals surface area contributed by atoms with Crippen LogP contribution in [0.5, 0.6) is 0 Å². The van der Waals surface area contributed by atoms with E-state index in [0.717, 1.165) is 36.4 Å². The molecule has 1 aliphatic carbocycles. The fourth-order valence-electron chi connectivity index (χ4n) is 3.67. The second kappa shape index (κ2) is 7.40. The maximum Gasteiger partial charge on any atom is 0.138 e. The molecule has 0 atom stereocenters. The van der Waals surface area contributed by atoms with Gasteiger partial charge in [-0.3, -0.25) is 0 Å². The molecule has 2 N–H and O–H groups in total. The van der Waals surface area contributed by atoms with Crippen molar-refractivity contribution in [3.8, 4) is 0 Å². The lowest BCUT2D eigenvalue weighted by atomic mass is 9.81. The number of nitrogens with zero attached hydrogens (tertiary/aromatic N) is 1. The lowest BCUT2D eigenvalue weighted by molar-refractivity contribution is 0.181. The number of pyridine rings is 1. The first-order valence-corrected chi connectivity index (χ1v) is 9.95. The van der Waals surface area contributed by atoms with E-state index in [1.165, 1.54) is 20.9 Å². The largest absolute Gasteiger partial charge is 0.396 e. The molecule has 25 heavy (non-hydrogen) atoms. The number of aromatic amines is 1. The van der Waals surface area contributed by atoms with E-state index in [4.69, 9.17) is 11.6 Å². The number of nitrogens with one attached hydrogen (secondary N) is 1. The average Bonchev–Trinajstić information content (AvgIpc) is 3.02. The van der Waals surface area contributed by atoms with Crippen molar-refractivity contribution >= 4 is 34.4 Å². The van der Waals surface area contributed by atoms with Crippen molar-refractivity contribution in [2.45, 2.75) is 41.4 Å². The average molecular weight is 373 g/mol. The Labute approximate surface area is 156 Å². The lowest BCUT2D eigenvalue weighted by Crippen LogP contribution is -2.16. The smallest absolute Gasteiger partial charge is 0.138 e. The molecule has 1 fully saturated rings. The Morgan fingerprint density at radius 2 is 1.88 bits per heavy atom. The van der Waals surface area contributed by atoms with Gasteiger partial charge in [0.1, 0.15) is 5.65 Å². The minimum atomic E-state index is 0.313. The Morgan fingerprint density at radius 1 is 1.12 bits per heavy atom. The maximum absolute atomic E-state index is 9.40. The number of hydrogen-bond acceptors (Lipinski definition) is 3. The van der Waals surface area contributed by atoms with Gasteiger partial charge in [0.2, 0.25) is 0 Å². The molecule has 0 bridgehead atoms. The van der Waals surface area contributed by atoms with Crippen molar-refractivity contribution in [1.82, 2.24) is 9.97 Å². The van der Waals surface area contributed by atoms with Gasteiger partial charge in [-0.1, -0.05) is 23.4 Å². The zero-order chi connectivity index (χ0) is 17.2. The number of rotatable bonds is 4. The Morgan fingerprint density at radius 3 is 2.60 bits per heavy atom. The van der Waals surface area contributed by atoms with E-state index in [1.807, 2.05) is 24.4 Å². The summed E-state index contributed by atoms with van der Waals surface area (Å²) in [5.74, 6) is 0.970. The summed E-state index contributed by atoms with van der Waals surface area (Å²) in [6.45, 7) is 0.313. The van der Waals surface area contributed by atoms with Crippen LogP contribution in [0.4, 0.5) is 0 Å². The number of aliphatic hydroxyl groups is 1. The molecule has 1 aliphatic rings. The van der Waals surface area contributed by atoms with Crippen LogP contribution in [-0.2, 0) is 0 Å². The van der Waals surface area contributed by atoms with Gasteiger partial charge in [0.05, 0.1) is 0 Å². The summed E-state index contributed by atoms with van der Waals surface area (Å²) >= 11 is 7.80. The summed E-state index contributed by atoms with van der Waals surface area (Å²) < 4.78 is 0. The van der Waals surface area contributed by atoms with Gasteiger partial charge in [0.25, 0.3) is 0 Å². The Balaban J connectivity index is 1.69. The number of aromatic nitrogens is 2. The number of halogens is 1. The molecular formula is C20H21ClN2OS. The first-order valence-electron chi connectivity index (χ1n) is 8.75. The van der Waals surface area contributed by atoms with E-state index < -0.39 is 0 Å². The fraction of sp³-hybridized carbons (Fsp3) is 0.350. The quantitative estimate of drug-likeness (QED) is 0.623. The molecular weight excluding hydrogens is 352 g/mol. The van der Waals surface area contributed by atoms with Gasteiger partial charge in [0.15, 0.2) is 0 Å². The van der Waals surface area contributed by atoms with E-state index in [0.29, 0.717) is 18.4 Å². The third-order valence-corrected chi connectivity index (χ3v) is 6.50. The molecule has 0 radical (unpaired) electrons. The molecule has 1 aromatic carbocycles. The Kier molecular flexibility index (Phi) is 5.02. The molecule has 2 heterocycles. The molecule has 0 spiro atoms. The SMILES string of the molecule is OCC1CCC(c2[nH]c3ncccc3c2Sc2ccc(Cl)cc2)CC1. The van der Waals surface area contributed by atoms with Crippen molar-refractivity contribution in [2.24, 2.45) is 5.92 Å². The van der Waals surface area contributed by atoms with Gasteiger partial charge in [-0.25, -0.2) is 4.98 Å². The van der Waals surface area contributed by atoms with Crippen LogP contribution in [0.2, 0.25) is 5.02 Å². The van der Waals surface area contributed by atoms with Crippen LogP contribution < -0.4 is 0 Å². The first kappa shape index (κ1) is 17.0. The highest BCUT2D eigenvalue weighted by atomic mass is 35.5. The van der Waals surface area contributed by atoms with Crippen LogP contribution in [-0.4, -0.2) is 21.7 Å². The topological polar surface area (TPSA) is 48.9 Å². The van der Waals surface area contributed by atoms with Gasteiger partial charge in [0, 0.05) is 44.6 Å². The molecule has 0 unspecified atom stereocenters. The number of benzene rings is 1. The van der Waals surface area contributed by atoms with Crippen molar-refractivity contribution in [1.29, 1.82) is 0 Å². The second-order valence-electron chi connectivity index (χ2n) is 6.72. The molecule has 4 rings (SSSR count).